The summed E-state index contributed by atoms with van der Waals surface area (Å²) in [5.74, 6) is -0.224. The minimum Gasteiger partial charge on any atom is -0.391 e. The van der Waals surface area contributed by atoms with Crippen LogP contribution in [0.5, 0.6) is 0 Å². The highest BCUT2D eigenvalue weighted by Crippen LogP contribution is 2.23. The summed E-state index contributed by atoms with van der Waals surface area (Å²) >= 11 is 6.20. The van der Waals surface area contributed by atoms with Crippen LogP contribution in [0, 0.1) is 0 Å². The van der Waals surface area contributed by atoms with E-state index < -0.39 is 6.10 Å². The van der Waals surface area contributed by atoms with E-state index in [2.05, 4.69) is 15.4 Å². The zero-order valence-electron chi connectivity index (χ0n) is 14.8. The molecule has 0 spiro atoms. The number of pyridine rings is 1. The Morgan fingerprint density at radius 1 is 1.22 bits per heavy atom. The maximum atomic E-state index is 12.9. The molecule has 7 heteroatoms. The standard InChI is InChI=1S/C20H21ClN4O2/c21-19-13(5-3-9-22-19)11-14-12-17(25-16(14)7-4-10-23-25)20(27)24-15-6-1-2-8-18(15)26/h3-5,7,9-10,12,15,18,26H,1-2,6,8,11H2,(H,24,27)/t15-,18-/m0/s1. The Balaban J connectivity index is 1.65. The quantitative estimate of drug-likeness (QED) is 0.678. The van der Waals surface area contributed by atoms with Crippen molar-refractivity contribution in [1.29, 1.82) is 0 Å². The number of fused-ring (bicyclic) bond motifs is 1. The fraction of sp³-hybridized carbons (Fsp3) is 0.350. The average Bonchev–Trinajstić information content (AvgIpc) is 3.04. The number of nitrogens with zero attached hydrogens (tertiary/aromatic N) is 3. The van der Waals surface area contributed by atoms with Gasteiger partial charge in [0.15, 0.2) is 0 Å². The summed E-state index contributed by atoms with van der Waals surface area (Å²) in [5.41, 5.74) is 3.16. The van der Waals surface area contributed by atoms with Crippen molar-refractivity contribution in [3.63, 3.8) is 0 Å². The van der Waals surface area contributed by atoms with Crippen LogP contribution in [0.15, 0.2) is 42.7 Å². The Kier molecular flexibility index (Phi) is 5.09. The molecule has 0 aromatic carbocycles. The van der Waals surface area contributed by atoms with Crippen molar-refractivity contribution in [1.82, 2.24) is 19.9 Å². The van der Waals surface area contributed by atoms with Gasteiger partial charge in [0.2, 0.25) is 0 Å². The summed E-state index contributed by atoms with van der Waals surface area (Å²) in [6, 6.07) is 9.17. The topological polar surface area (TPSA) is 79.5 Å². The van der Waals surface area contributed by atoms with Gasteiger partial charge in [-0.2, -0.15) is 5.10 Å². The monoisotopic (exact) mass is 384 g/mol. The van der Waals surface area contributed by atoms with Gasteiger partial charge < -0.3 is 10.4 Å². The second kappa shape index (κ2) is 7.66. The van der Waals surface area contributed by atoms with Gasteiger partial charge in [-0.1, -0.05) is 30.5 Å². The number of halogens is 1. The molecule has 0 unspecified atom stereocenters. The SMILES string of the molecule is O=C(N[C@H]1CCCC[C@@H]1O)c1cc(Cc2cccnc2Cl)c2cccnn12. The third-order valence-corrected chi connectivity index (χ3v) is 5.45. The zero-order valence-corrected chi connectivity index (χ0v) is 15.6. The van der Waals surface area contributed by atoms with Crippen LogP contribution >= 0.6 is 11.6 Å². The fourth-order valence-corrected chi connectivity index (χ4v) is 3.88. The number of hydrogen-bond donors (Lipinski definition) is 2. The lowest BCUT2D eigenvalue weighted by Crippen LogP contribution is -2.45. The van der Waals surface area contributed by atoms with Gasteiger partial charge in [-0.25, -0.2) is 9.50 Å². The van der Waals surface area contributed by atoms with E-state index in [0.717, 1.165) is 42.3 Å². The molecule has 0 saturated heterocycles. The highest BCUT2D eigenvalue weighted by atomic mass is 35.5. The number of hydrogen-bond acceptors (Lipinski definition) is 4. The molecule has 1 amide bonds. The van der Waals surface area contributed by atoms with Gasteiger partial charge in [0.25, 0.3) is 5.91 Å². The van der Waals surface area contributed by atoms with Gasteiger partial charge >= 0.3 is 0 Å². The van der Waals surface area contributed by atoms with Crippen LogP contribution in [-0.4, -0.2) is 37.8 Å². The summed E-state index contributed by atoms with van der Waals surface area (Å²) in [4.78, 5) is 17.0. The number of nitrogens with one attached hydrogen (secondary N) is 1. The van der Waals surface area contributed by atoms with Gasteiger partial charge in [0.05, 0.1) is 17.7 Å². The maximum absolute atomic E-state index is 12.9. The lowest BCUT2D eigenvalue weighted by Gasteiger charge is -2.28. The van der Waals surface area contributed by atoms with E-state index in [9.17, 15) is 9.90 Å². The highest BCUT2D eigenvalue weighted by Gasteiger charge is 2.26. The molecule has 140 valence electrons. The smallest absolute Gasteiger partial charge is 0.270 e. The molecular formula is C20H21ClN4O2. The molecule has 1 aliphatic rings. The van der Waals surface area contributed by atoms with Crippen molar-refractivity contribution in [3.8, 4) is 0 Å². The molecule has 4 rings (SSSR count). The molecule has 27 heavy (non-hydrogen) atoms. The van der Waals surface area contributed by atoms with Crippen molar-refractivity contribution in [2.24, 2.45) is 0 Å². The number of aliphatic hydroxyl groups is 1. The van der Waals surface area contributed by atoms with E-state index in [1.807, 2.05) is 30.3 Å². The average molecular weight is 385 g/mol. The summed E-state index contributed by atoms with van der Waals surface area (Å²) in [6.07, 6.45) is 6.90. The molecule has 2 N–H and O–H groups in total. The molecule has 6 nitrogen and oxygen atoms in total. The zero-order chi connectivity index (χ0) is 18.8. The van der Waals surface area contributed by atoms with Crippen LogP contribution in [0.2, 0.25) is 5.15 Å². The molecule has 1 fully saturated rings. The number of aliphatic hydroxyl groups excluding tert-OH is 1. The maximum Gasteiger partial charge on any atom is 0.270 e. The first-order valence-corrected chi connectivity index (χ1v) is 9.55. The molecule has 2 atom stereocenters. The minimum atomic E-state index is -0.490. The van der Waals surface area contributed by atoms with E-state index in [-0.39, 0.29) is 11.9 Å². The van der Waals surface area contributed by atoms with Crippen LogP contribution < -0.4 is 5.32 Å². The van der Waals surface area contributed by atoms with Crippen molar-refractivity contribution >= 4 is 23.0 Å². The highest BCUT2D eigenvalue weighted by molar-refractivity contribution is 6.30. The van der Waals surface area contributed by atoms with Gasteiger partial charge in [-0.05, 0) is 48.2 Å². The minimum absolute atomic E-state index is 0.211. The number of carbonyl (C=O) groups excluding carboxylic acids is 1. The number of amides is 1. The molecule has 3 heterocycles. The lowest BCUT2D eigenvalue weighted by molar-refractivity contribution is 0.0712. The first kappa shape index (κ1) is 17.9. The lowest BCUT2D eigenvalue weighted by atomic mass is 9.92. The first-order chi connectivity index (χ1) is 13.1. The Morgan fingerprint density at radius 2 is 2.04 bits per heavy atom. The Labute approximate surface area is 162 Å². The van der Waals surface area contributed by atoms with Crippen molar-refractivity contribution < 1.29 is 9.90 Å². The van der Waals surface area contributed by atoms with Gasteiger partial charge in [0.1, 0.15) is 10.8 Å². The third-order valence-electron chi connectivity index (χ3n) is 5.11. The Morgan fingerprint density at radius 3 is 2.85 bits per heavy atom. The molecule has 0 aliphatic heterocycles. The molecule has 3 aromatic rings. The largest absolute Gasteiger partial charge is 0.391 e. The fourth-order valence-electron chi connectivity index (χ4n) is 3.69. The number of carbonyl (C=O) groups is 1. The van der Waals surface area contributed by atoms with E-state index >= 15 is 0 Å². The summed E-state index contributed by atoms with van der Waals surface area (Å²) in [7, 11) is 0. The van der Waals surface area contributed by atoms with Crippen LogP contribution in [0.4, 0.5) is 0 Å². The van der Waals surface area contributed by atoms with Crippen molar-refractivity contribution in [3.05, 3.63) is 64.7 Å². The second-order valence-electron chi connectivity index (χ2n) is 6.94. The Hall–Kier alpha value is -2.44. The number of aromatic nitrogens is 3. The summed E-state index contributed by atoms with van der Waals surface area (Å²) < 4.78 is 1.64. The predicted molar refractivity (Wildman–Crippen MR) is 103 cm³/mol. The second-order valence-corrected chi connectivity index (χ2v) is 7.30. The summed E-state index contributed by atoms with van der Waals surface area (Å²) in [6.45, 7) is 0. The molecular weight excluding hydrogens is 364 g/mol. The van der Waals surface area contributed by atoms with Gasteiger partial charge in [-0.3, -0.25) is 4.79 Å². The third kappa shape index (κ3) is 3.68. The number of rotatable bonds is 4. The molecule has 3 aromatic heterocycles. The van der Waals surface area contributed by atoms with E-state index in [1.165, 1.54) is 0 Å². The molecule has 0 radical (unpaired) electrons. The van der Waals surface area contributed by atoms with Crippen LogP contribution in [0.25, 0.3) is 5.52 Å². The normalized spacial score (nSPS) is 19.9. The van der Waals surface area contributed by atoms with Gasteiger partial charge in [0, 0.05) is 18.8 Å². The van der Waals surface area contributed by atoms with Crippen LogP contribution in [-0.2, 0) is 6.42 Å². The van der Waals surface area contributed by atoms with E-state index in [4.69, 9.17) is 11.6 Å². The molecule has 0 bridgehead atoms. The van der Waals surface area contributed by atoms with Crippen molar-refractivity contribution in [2.75, 3.05) is 0 Å². The Bertz CT molecular complexity index is 972. The van der Waals surface area contributed by atoms with E-state index in [0.29, 0.717) is 17.3 Å². The molecule has 1 aliphatic carbocycles. The summed E-state index contributed by atoms with van der Waals surface area (Å²) in [5, 5.41) is 17.9. The van der Waals surface area contributed by atoms with Crippen LogP contribution in [0.1, 0.15) is 47.3 Å². The van der Waals surface area contributed by atoms with Crippen LogP contribution in [0.3, 0.4) is 0 Å². The van der Waals surface area contributed by atoms with E-state index in [1.54, 1.807) is 16.9 Å². The van der Waals surface area contributed by atoms with Gasteiger partial charge in [-0.15, -0.1) is 0 Å². The van der Waals surface area contributed by atoms with Crippen molar-refractivity contribution in [2.45, 2.75) is 44.2 Å². The predicted octanol–water partition coefficient (Wildman–Crippen LogP) is 3.01. The molecule has 1 saturated carbocycles. The first-order valence-electron chi connectivity index (χ1n) is 9.17.